The highest BCUT2D eigenvalue weighted by Crippen LogP contribution is 2.63. The van der Waals surface area contributed by atoms with Crippen LogP contribution in [-0.4, -0.2) is 52.7 Å². The van der Waals surface area contributed by atoms with E-state index in [1.54, 1.807) is 6.07 Å². The SMILES string of the molecule is CCC1OC(C)C2(CC)CC3C(C)N(CC4CC4)CCC3(c3c(C)ccc(O)c3O)CC2O1.CCCC. The standard InChI is InChI=1S/C28H43NO4.C4H10/c1-6-24-32-19(5)27(7-2)14-21-18(4)29(16-20-9-10-20)13-12-28(21,15-23(27)33-24)25-17(3)8-11-22(30)26(25)31;1-3-4-2/h8,11,18-21,23-24,30-31H,6-7,9-10,12-16H2,1-5H3;3-4H2,1-2H3. The van der Waals surface area contributed by atoms with Gasteiger partial charge < -0.3 is 24.6 Å². The van der Waals surface area contributed by atoms with Crippen molar-refractivity contribution in [2.75, 3.05) is 13.1 Å². The summed E-state index contributed by atoms with van der Waals surface area (Å²) in [5.74, 6) is 1.31. The maximum Gasteiger partial charge on any atom is 0.161 e. The summed E-state index contributed by atoms with van der Waals surface area (Å²) in [7, 11) is 0. The molecule has 0 radical (unpaired) electrons. The number of likely N-dealkylation sites (tertiary alicyclic amines) is 1. The van der Waals surface area contributed by atoms with Gasteiger partial charge >= 0.3 is 0 Å². The van der Waals surface area contributed by atoms with Crippen molar-refractivity contribution in [2.45, 2.75) is 136 Å². The molecule has 37 heavy (non-hydrogen) atoms. The highest BCUT2D eigenvalue weighted by Gasteiger charge is 2.63. The van der Waals surface area contributed by atoms with Crippen molar-refractivity contribution in [3.8, 4) is 11.5 Å². The van der Waals surface area contributed by atoms with Gasteiger partial charge in [-0.2, -0.15) is 0 Å². The van der Waals surface area contributed by atoms with Crippen LogP contribution >= 0.6 is 0 Å². The van der Waals surface area contributed by atoms with Crippen molar-refractivity contribution in [1.29, 1.82) is 0 Å². The summed E-state index contributed by atoms with van der Waals surface area (Å²) < 4.78 is 13.1. The number of nitrogens with zero attached hydrogens (tertiary/aromatic N) is 1. The minimum Gasteiger partial charge on any atom is -0.504 e. The Bertz CT molecular complexity index is 914. The van der Waals surface area contributed by atoms with E-state index in [-0.39, 0.29) is 40.8 Å². The Kier molecular flexibility index (Phi) is 8.87. The number of aryl methyl sites for hydroxylation is 1. The maximum absolute atomic E-state index is 11.2. The number of piperidine rings is 1. The zero-order valence-electron chi connectivity index (χ0n) is 24.6. The third-order valence-electron chi connectivity index (χ3n) is 10.5. The number of fused-ring (bicyclic) bond motifs is 2. The van der Waals surface area contributed by atoms with Gasteiger partial charge in [0.2, 0.25) is 0 Å². The van der Waals surface area contributed by atoms with Gasteiger partial charge in [-0.3, -0.25) is 0 Å². The molecule has 0 bridgehead atoms. The van der Waals surface area contributed by atoms with Crippen molar-refractivity contribution < 1.29 is 19.7 Å². The number of phenolic OH excluding ortho intramolecular Hbond substituents is 2. The van der Waals surface area contributed by atoms with Crippen molar-refractivity contribution in [3.63, 3.8) is 0 Å². The van der Waals surface area contributed by atoms with E-state index >= 15 is 0 Å². The lowest BCUT2D eigenvalue weighted by Crippen LogP contribution is -2.66. The maximum atomic E-state index is 11.2. The molecular formula is C32H53NO4. The number of ether oxygens (including phenoxy) is 2. The Morgan fingerprint density at radius 1 is 1.00 bits per heavy atom. The van der Waals surface area contributed by atoms with Gasteiger partial charge in [-0.1, -0.05) is 46.6 Å². The molecular weight excluding hydrogens is 462 g/mol. The molecule has 0 aromatic heterocycles. The third kappa shape index (κ3) is 5.17. The average molecular weight is 516 g/mol. The topological polar surface area (TPSA) is 62.2 Å². The first-order valence-corrected chi connectivity index (χ1v) is 15.2. The first-order valence-electron chi connectivity index (χ1n) is 15.2. The van der Waals surface area contributed by atoms with Crippen molar-refractivity contribution in [3.05, 3.63) is 23.3 Å². The van der Waals surface area contributed by atoms with Crippen molar-refractivity contribution in [2.24, 2.45) is 17.3 Å². The molecule has 2 N–H and O–H groups in total. The quantitative estimate of drug-likeness (QED) is 0.389. The van der Waals surface area contributed by atoms with Crippen LogP contribution in [0, 0.1) is 24.2 Å². The molecule has 0 spiro atoms. The molecule has 2 aliphatic carbocycles. The Morgan fingerprint density at radius 2 is 1.70 bits per heavy atom. The predicted molar refractivity (Wildman–Crippen MR) is 150 cm³/mol. The summed E-state index contributed by atoms with van der Waals surface area (Å²) in [5.41, 5.74) is 1.82. The smallest absolute Gasteiger partial charge is 0.161 e. The number of benzene rings is 1. The largest absolute Gasteiger partial charge is 0.504 e. The van der Waals surface area contributed by atoms with E-state index < -0.39 is 0 Å². The lowest BCUT2D eigenvalue weighted by atomic mass is 9.48. The van der Waals surface area contributed by atoms with Crippen LogP contribution in [0.2, 0.25) is 0 Å². The van der Waals surface area contributed by atoms with Crippen molar-refractivity contribution >= 4 is 0 Å². The molecule has 2 heterocycles. The monoisotopic (exact) mass is 515 g/mol. The van der Waals surface area contributed by atoms with Crippen molar-refractivity contribution in [1.82, 2.24) is 4.90 Å². The van der Waals surface area contributed by atoms with Crippen LogP contribution < -0.4 is 0 Å². The summed E-state index contributed by atoms with van der Waals surface area (Å²) >= 11 is 0. The second kappa shape index (κ2) is 11.4. The molecule has 1 aromatic rings. The molecule has 1 aromatic carbocycles. The summed E-state index contributed by atoms with van der Waals surface area (Å²) in [5, 5.41) is 21.7. The number of rotatable bonds is 6. The number of hydrogen-bond donors (Lipinski definition) is 2. The van der Waals surface area contributed by atoms with E-state index in [4.69, 9.17) is 9.47 Å². The van der Waals surface area contributed by atoms with E-state index in [2.05, 4.69) is 53.4 Å². The molecule has 4 fully saturated rings. The van der Waals surface area contributed by atoms with Crippen LogP contribution in [0.3, 0.4) is 0 Å². The minimum atomic E-state index is -0.203. The number of unbranched alkanes of at least 4 members (excludes halogenated alkanes) is 1. The molecule has 0 amide bonds. The van der Waals surface area contributed by atoms with Gasteiger partial charge in [0, 0.05) is 29.0 Å². The third-order valence-corrected chi connectivity index (χ3v) is 10.5. The zero-order chi connectivity index (χ0) is 27.0. The molecule has 4 aliphatic rings. The van der Waals surface area contributed by atoms with Crippen LogP contribution in [-0.2, 0) is 14.9 Å². The van der Waals surface area contributed by atoms with Gasteiger partial charge in [0.25, 0.3) is 0 Å². The first-order chi connectivity index (χ1) is 17.7. The Labute approximate surface area is 225 Å². The van der Waals surface area contributed by atoms with Gasteiger partial charge in [-0.15, -0.1) is 0 Å². The molecule has 7 unspecified atom stereocenters. The Hall–Kier alpha value is -1.30. The Balaban J connectivity index is 0.000000747. The lowest BCUT2D eigenvalue weighted by molar-refractivity contribution is -0.320. The van der Waals surface area contributed by atoms with Crippen LogP contribution in [0.25, 0.3) is 0 Å². The number of phenols is 2. The fraction of sp³-hybridized carbons (Fsp3) is 0.812. The van der Waals surface area contributed by atoms with E-state index in [0.29, 0.717) is 12.0 Å². The second-order valence-electron chi connectivity index (χ2n) is 12.6. The summed E-state index contributed by atoms with van der Waals surface area (Å²) in [6, 6.07) is 4.02. The lowest BCUT2D eigenvalue weighted by Gasteiger charge is -2.64. The molecule has 2 saturated carbocycles. The summed E-state index contributed by atoms with van der Waals surface area (Å²) in [4.78, 5) is 2.71. The molecule has 210 valence electrons. The van der Waals surface area contributed by atoms with Gasteiger partial charge in [0.1, 0.15) is 0 Å². The van der Waals surface area contributed by atoms with E-state index in [1.165, 1.54) is 32.2 Å². The van der Waals surface area contributed by atoms with Crippen LogP contribution in [0.15, 0.2) is 12.1 Å². The number of hydrogen-bond acceptors (Lipinski definition) is 5. The molecule has 5 nitrogen and oxygen atoms in total. The second-order valence-corrected chi connectivity index (χ2v) is 12.6. The molecule has 5 rings (SSSR count). The van der Waals surface area contributed by atoms with E-state index in [0.717, 1.165) is 55.7 Å². The minimum absolute atomic E-state index is 0.00295. The summed E-state index contributed by atoms with van der Waals surface area (Å²) in [6.45, 7) is 17.8. The number of aromatic hydroxyl groups is 2. The van der Waals surface area contributed by atoms with E-state index in [1.807, 2.05) is 6.07 Å². The summed E-state index contributed by atoms with van der Waals surface area (Å²) in [6.07, 6.45) is 10.2. The molecule has 2 saturated heterocycles. The van der Waals surface area contributed by atoms with Gasteiger partial charge in [0.05, 0.1) is 12.2 Å². The predicted octanol–water partition coefficient (Wildman–Crippen LogP) is 7.30. The van der Waals surface area contributed by atoms with Gasteiger partial charge in [-0.25, -0.2) is 0 Å². The first kappa shape index (κ1) is 28.7. The normalized spacial score (nSPS) is 37.8. The van der Waals surface area contributed by atoms with Crippen LogP contribution in [0.4, 0.5) is 0 Å². The molecule has 2 aliphatic heterocycles. The van der Waals surface area contributed by atoms with Gasteiger partial charge in [0.15, 0.2) is 17.8 Å². The molecule has 5 heteroatoms. The van der Waals surface area contributed by atoms with Gasteiger partial charge in [-0.05, 0) is 95.7 Å². The fourth-order valence-corrected chi connectivity index (χ4v) is 7.80. The average Bonchev–Trinajstić information content (AvgIpc) is 3.72. The molecule has 7 atom stereocenters. The fourth-order valence-electron chi connectivity index (χ4n) is 7.80. The van der Waals surface area contributed by atoms with Crippen LogP contribution in [0.5, 0.6) is 11.5 Å². The zero-order valence-corrected chi connectivity index (χ0v) is 24.6. The highest BCUT2D eigenvalue weighted by atomic mass is 16.7. The Morgan fingerprint density at radius 3 is 2.30 bits per heavy atom. The van der Waals surface area contributed by atoms with Crippen LogP contribution in [0.1, 0.15) is 110 Å². The highest BCUT2D eigenvalue weighted by molar-refractivity contribution is 5.54. The van der Waals surface area contributed by atoms with E-state index in [9.17, 15) is 10.2 Å².